The van der Waals surface area contributed by atoms with Gasteiger partial charge in [-0.05, 0) is 43.2 Å². The number of carbonyl (C=O) groups excluding carboxylic acids is 1. The molecule has 24 heavy (non-hydrogen) atoms. The van der Waals surface area contributed by atoms with Gasteiger partial charge >= 0.3 is 0 Å². The van der Waals surface area contributed by atoms with Crippen LogP contribution in [-0.4, -0.2) is 19.0 Å². The molecule has 1 aromatic carbocycles. The van der Waals surface area contributed by atoms with E-state index in [1.165, 1.54) is 6.08 Å². The Morgan fingerprint density at radius 1 is 1.21 bits per heavy atom. The minimum atomic E-state index is -0.487. The van der Waals surface area contributed by atoms with Gasteiger partial charge in [0.2, 0.25) is 0 Å². The molecule has 0 radical (unpaired) electrons. The van der Waals surface area contributed by atoms with E-state index < -0.39 is 5.91 Å². The Balaban J connectivity index is 1.72. The van der Waals surface area contributed by atoms with E-state index in [4.69, 9.17) is 16.0 Å². The zero-order valence-corrected chi connectivity index (χ0v) is 13.7. The zero-order chi connectivity index (χ0) is 16.9. The topological polar surface area (TPSA) is 69.3 Å². The number of rotatable bonds is 4. The molecule has 6 heteroatoms. The highest BCUT2D eigenvalue weighted by atomic mass is 35.5. The number of halogens is 1. The summed E-state index contributed by atoms with van der Waals surface area (Å²) >= 11 is 5.81. The maximum atomic E-state index is 12.2. The fourth-order valence-electron chi connectivity index (χ4n) is 2.55. The molecule has 0 bridgehead atoms. The van der Waals surface area contributed by atoms with Gasteiger partial charge in [0.25, 0.3) is 5.91 Å². The number of benzene rings is 1. The van der Waals surface area contributed by atoms with Gasteiger partial charge < -0.3 is 14.6 Å². The van der Waals surface area contributed by atoms with Crippen LogP contribution < -0.4 is 10.2 Å². The van der Waals surface area contributed by atoms with Crippen molar-refractivity contribution in [2.24, 2.45) is 0 Å². The molecule has 3 rings (SSSR count). The molecule has 1 aromatic heterocycles. The third kappa shape index (κ3) is 3.79. The van der Waals surface area contributed by atoms with Crippen molar-refractivity contribution >= 4 is 35.2 Å². The first-order valence-electron chi connectivity index (χ1n) is 7.69. The molecule has 2 aromatic rings. The minimum Gasteiger partial charge on any atom is -0.441 e. The Hall–Kier alpha value is -2.71. The van der Waals surface area contributed by atoms with Crippen molar-refractivity contribution in [3.8, 4) is 6.07 Å². The maximum absolute atomic E-state index is 12.2. The quantitative estimate of drug-likeness (QED) is 0.672. The van der Waals surface area contributed by atoms with Crippen molar-refractivity contribution in [2.75, 3.05) is 23.3 Å². The minimum absolute atomic E-state index is 0.0210. The van der Waals surface area contributed by atoms with E-state index in [1.807, 2.05) is 12.1 Å². The number of nitrogens with zero attached hydrogens (tertiary/aromatic N) is 2. The van der Waals surface area contributed by atoms with Crippen molar-refractivity contribution in [1.29, 1.82) is 5.26 Å². The third-order valence-electron chi connectivity index (χ3n) is 3.78. The molecule has 1 fully saturated rings. The molecule has 5 nitrogen and oxygen atoms in total. The fourth-order valence-corrected chi connectivity index (χ4v) is 2.68. The number of furan rings is 1. The van der Waals surface area contributed by atoms with E-state index in [0.29, 0.717) is 16.5 Å². The van der Waals surface area contributed by atoms with E-state index in [-0.39, 0.29) is 5.57 Å². The van der Waals surface area contributed by atoms with Crippen LogP contribution in [0.4, 0.5) is 11.6 Å². The lowest BCUT2D eigenvalue weighted by molar-refractivity contribution is -0.112. The summed E-state index contributed by atoms with van der Waals surface area (Å²) in [6, 6.07) is 12.2. The van der Waals surface area contributed by atoms with E-state index in [0.717, 1.165) is 31.8 Å². The van der Waals surface area contributed by atoms with Crippen molar-refractivity contribution < 1.29 is 9.21 Å². The second kappa shape index (κ2) is 7.24. The molecule has 122 valence electrons. The normalized spacial score (nSPS) is 14.5. The summed E-state index contributed by atoms with van der Waals surface area (Å²) in [5, 5.41) is 12.5. The average Bonchev–Trinajstić information content (AvgIpc) is 3.25. The SMILES string of the molecule is N#C/C(=C/c1ccc(N2CCCC2)o1)C(=O)Nc1ccc(Cl)cc1. The van der Waals surface area contributed by atoms with E-state index >= 15 is 0 Å². The molecule has 1 amide bonds. The standard InChI is InChI=1S/C18H16ClN3O2/c19-14-3-5-15(6-4-14)21-18(23)13(12-20)11-16-7-8-17(24-16)22-9-1-2-10-22/h3-8,11H,1-2,9-10H2,(H,21,23)/b13-11-. The first-order chi connectivity index (χ1) is 11.7. The van der Waals surface area contributed by atoms with E-state index in [2.05, 4.69) is 10.2 Å². The van der Waals surface area contributed by atoms with Gasteiger partial charge in [0.1, 0.15) is 17.4 Å². The molecule has 0 saturated carbocycles. The summed E-state index contributed by atoms with van der Waals surface area (Å²) in [6.07, 6.45) is 3.75. The van der Waals surface area contributed by atoms with Crippen molar-refractivity contribution in [3.05, 3.63) is 52.8 Å². The number of hydrogen-bond acceptors (Lipinski definition) is 4. The largest absolute Gasteiger partial charge is 0.441 e. The number of nitrogens with one attached hydrogen (secondary N) is 1. The summed E-state index contributed by atoms with van der Waals surface area (Å²) in [5.41, 5.74) is 0.551. The number of hydrogen-bond donors (Lipinski definition) is 1. The summed E-state index contributed by atoms with van der Waals surface area (Å²) < 4.78 is 5.72. The van der Waals surface area contributed by atoms with Gasteiger partial charge in [-0.3, -0.25) is 4.79 Å². The van der Waals surface area contributed by atoms with Crippen LogP contribution in [0, 0.1) is 11.3 Å². The summed E-state index contributed by atoms with van der Waals surface area (Å²) in [7, 11) is 0. The predicted octanol–water partition coefficient (Wildman–Crippen LogP) is 4.08. The molecule has 1 aliphatic heterocycles. The van der Waals surface area contributed by atoms with Crippen LogP contribution in [0.3, 0.4) is 0 Å². The van der Waals surface area contributed by atoms with Crippen LogP contribution in [-0.2, 0) is 4.79 Å². The van der Waals surface area contributed by atoms with Gasteiger partial charge in [-0.1, -0.05) is 11.6 Å². The van der Waals surface area contributed by atoms with Crippen molar-refractivity contribution in [3.63, 3.8) is 0 Å². The Labute approximate surface area is 145 Å². The molecule has 0 atom stereocenters. The summed E-state index contributed by atoms with van der Waals surface area (Å²) in [4.78, 5) is 14.4. The number of nitriles is 1. The smallest absolute Gasteiger partial charge is 0.266 e. The fraction of sp³-hybridized carbons (Fsp3) is 0.222. The first kappa shape index (κ1) is 16.2. The molecule has 1 saturated heterocycles. The Kier molecular flexibility index (Phi) is 4.88. The Morgan fingerprint density at radius 3 is 2.58 bits per heavy atom. The number of amides is 1. The highest BCUT2D eigenvalue weighted by Crippen LogP contribution is 2.24. The third-order valence-corrected chi connectivity index (χ3v) is 4.04. The highest BCUT2D eigenvalue weighted by molar-refractivity contribution is 6.30. The van der Waals surface area contributed by atoms with E-state index in [9.17, 15) is 10.1 Å². The Morgan fingerprint density at radius 2 is 1.92 bits per heavy atom. The van der Waals surface area contributed by atoms with Crippen LogP contribution in [0.1, 0.15) is 18.6 Å². The Bertz CT molecular complexity index is 796. The van der Waals surface area contributed by atoms with Crippen LogP contribution in [0.25, 0.3) is 6.08 Å². The van der Waals surface area contributed by atoms with Gasteiger partial charge in [-0.15, -0.1) is 0 Å². The summed E-state index contributed by atoms with van der Waals surface area (Å²) in [6.45, 7) is 1.94. The zero-order valence-electron chi connectivity index (χ0n) is 13.0. The van der Waals surface area contributed by atoms with Crippen LogP contribution in [0.5, 0.6) is 0 Å². The lowest BCUT2D eigenvalue weighted by Gasteiger charge is -2.12. The molecule has 1 N–H and O–H groups in total. The number of anilines is 2. The maximum Gasteiger partial charge on any atom is 0.266 e. The van der Waals surface area contributed by atoms with Crippen LogP contribution >= 0.6 is 11.6 Å². The summed E-state index contributed by atoms with van der Waals surface area (Å²) in [5.74, 6) is 0.771. The van der Waals surface area contributed by atoms with Crippen molar-refractivity contribution in [1.82, 2.24) is 0 Å². The second-order valence-corrected chi connectivity index (χ2v) is 5.94. The predicted molar refractivity (Wildman–Crippen MR) is 93.8 cm³/mol. The van der Waals surface area contributed by atoms with Crippen LogP contribution in [0.15, 0.2) is 46.4 Å². The molecular formula is C18H16ClN3O2. The molecule has 0 spiro atoms. The van der Waals surface area contributed by atoms with E-state index in [1.54, 1.807) is 30.3 Å². The van der Waals surface area contributed by atoms with Crippen LogP contribution in [0.2, 0.25) is 5.02 Å². The molecule has 1 aliphatic rings. The molecule has 0 unspecified atom stereocenters. The monoisotopic (exact) mass is 341 g/mol. The van der Waals surface area contributed by atoms with Gasteiger partial charge in [-0.2, -0.15) is 5.26 Å². The lowest BCUT2D eigenvalue weighted by Crippen LogP contribution is -2.16. The molecular weight excluding hydrogens is 326 g/mol. The number of carbonyl (C=O) groups is 1. The molecule has 0 aliphatic carbocycles. The second-order valence-electron chi connectivity index (χ2n) is 5.50. The van der Waals surface area contributed by atoms with Gasteiger partial charge in [0, 0.05) is 35.9 Å². The van der Waals surface area contributed by atoms with Gasteiger partial charge in [-0.25, -0.2) is 0 Å². The average molecular weight is 342 g/mol. The lowest BCUT2D eigenvalue weighted by atomic mass is 10.2. The van der Waals surface area contributed by atoms with Crippen molar-refractivity contribution in [2.45, 2.75) is 12.8 Å². The molecule has 2 heterocycles. The van der Waals surface area contributed by atoms with Gasteiger partial charge in [0.05, 0.1) is 0 Å². The first-order valence-corrected chi connectivity index (χ1v) is 8.07. The van der Waals surface area contributed by atoms with Gasteiger partial charge in [0.15, 0.2) is 5.88 Å². The highest BCUT2D eigenvalue weighted by Gasteiger charge is 2.16.